The number of amides is 3. The van der Waals surface area contributed by atoms with Crippen LogP contribution in [0.4, 0.5) is 10.5 Å². The van der Waals surface area contributed by atoms with Gasteiger partial charge in [-0.2, -0.15) is 0 Å². The van der Waals surface area contributed by atoms with E-state index in [1.807, 2.05) is 64.4 Å². The zero-order chi connectivity index (χ0) is 21.9. The van der Waals surface area contributed by atoms with E-state index >= 15 is 0 Å². The Morgan fingerprint density at radius 1 is 0.906 bits per heavy atom. The number of benzene rings is 2. The van der Waals surface area contributed by atoms with Crippen molar-refractivity contribution in [1.29, 1.82) is 0 Å². The molecular formula is C25H29N5O2. The topological polar surface area (TPSA) is 81.3 Å². The molecule has 2 aliphatic heterocycles. The molecular weight excluding hydrogens is 402 g/mol. The average Bonchev–Trinajstić information content (AvgIpc) is 3.29. The first-order chi connectivity index (χ1) is 15.7. The zero-order valence-corrected chi connectivity index (χ0v) is 18.2. The number of rotatable bonds is 3. The quantitative estimate of drug-likeness (QED) is 0.652. The standard InChI is InChI=1S/C25H29N5O2/c31-24(18-12-15-29(16-13-18)25(32)26-20-8-2-1-3-9-20)30-14-6-7-19(17-30)23-27-21-10-4-5-11-22(21)28-23/h1-5,8-11,18-19H,6-7,12-17H2,(H,26,32)(H,27,28)/t19-/m1/s1. The highest BCUT2D eigenvalue weighted by Crippen LogP contribution is 2.29. The molecule has 2 fully saturated rings. The largest absolute Gasteiger partial charge is 0.342 e. The number of urea groups is 1. The van der Waals surface area contributed by atoms with Gasteiger partial charge in [0.2, 0.25) is 5.91 Å². The van der Waals surface area contributed by atoms with Crippen molar-refractivity contribution in [3.8, 4) is 0 Å². The lowest BCUT2D eigenvalue weighted by Crippen LogP contribution is -2.47. The summed E-state index contributed by atoms with van der Waals surface area (Å²) in [6.07, 6.45) is 3.47. The van der Waals surface area contributed by atoms with Gasteiger partial charge in [0.1, 0.15) is 5.82 Å². The van der Waals surface area contributed by atoms with Gasteiger partial charge in [0.15, 0.2) is 0 Å². The van der Waals surface area contributed by atoms with E-state index in [9.17, 15) is 9.59 Å². The van der Waals surface area contributed by atoms with Crippen molar-refractivity contribution in [2.45, 2.75) is 31.6 Å². The maximum absolute atomic E-state index is 13.2. The summed E-state index contributed by atoms with van der Waals surface area (Å²) in [6.45, 7) is 2.74. The molecule has 1 atom stereocenters. The van der Waals surface area contributed by atoms with Gasteiger partial charge in [-0.05, 0) is 49.9 Å². The van der Waals surface area contributed by atoms with Crippen LogP contribution in [0.1, 0.15) is 37.4 Å². The van der Waals surface area contributed by atoms with Crippen molar-refractivity contribution < 1.29 is 9.59 Å². The van der Waals surface area contributed by atoms with Crippen molar-refractivity contribution >= 4 is 28.7 Å². The Labute approximate surface area is 187 Å². The monoisotopic (exact) mass is 431 g/mol. The molecule has 3 heterocycles. The lowest BCUT2D eigenvalue weighted by Gasteiger charge is -2.37. The molecule has 2 saturated heterocycles. The molecule has 1 aromatic heterocycles. The number of nitrogens with zero attached hydrogens (tertiary/aromatic N) is 3. The lowest BCUT2D eigenvalue weighted by atomic mass is 9.92. The minimum Gasteiger partial charge on any atom is -0.342 e. The van der Waals surface area contributed by atoms with E-state index in [2.05, 4.69) is 10.3 Å². The lowest BCUT2D eigenvalue weighted by molar-refractivity contribution is -0.138. The van der Waals surface area contributed by atoms with Crippen molar-refractivity contribution in [1.82, 2.24) is 19.8 Å². The molecule has 0 radical (unpaired) electrons. The van der Waals surface area contributed by atoms with Crippen LogP contribution in [-0.2, 0) is 4.79 Å². The highest BCUT2D eigenvalue weighted by molar-refractivity contribution is 5.89. The van der Waals surface area contributed by atoms with Crippen LogP contribution in [0.25, 0.3) is 11.0 Å². The summed E-state index contributed by atoms with van der Waals surface area (Å²) in [5.41, 5.74) is 2.82. The van der Waals surface area contributed by atoms with E-state index in [0.29, 0.717) is 32.5 Å². The Kier molecular flexibility index (Phi) is 5.79. The minimum atomic E-state index is -0.0926. The van der Waals surface area contributed by atoms with Gasteiger partial charge < -0.3 is 20.1 Å². The Balaban J connectivity index is 1.16. The molecule has 3 amide bonds. The number of likely N-dealkylation sites (tertiary alicyclic amines) is 2. The third-order valence-electron chi connectivity index (χ3n) is 6.68. The van der Waals surface area contributed by atoms with Gasteiger partial charge in [-0.15, -0.1) is 0 Å². The number of aromatic amines is 1. The normalized spacial score (nSPS) is 19.8. The molecule has 7 nitrogen and oxygen atoms in total. The van der Waals surface area contributed by atoms with Gasteiger partial charge in [0.25, 0.3) is 0 Å². The van der Waals surface area contributed by atoms with Gasteiger partial charge in [0.05, 0.1) is 11.0 Å². The van der Waals surface area contributed by atoms with E-state index in [0.717, 1.165) is 41.9 Å². The van der Waals surface area contributed by atoms with Gasteiger partial charge in [-0.1, -0.05) is 30.3 Å². The molecule has 0 aliphatic carbocycles. The van der Waals surface area contributed by atoms with Gasteiger partial charge in [-0.25, -0.2) is 9.78 Å². The third-order valence-corrected chi connectivity index (χ3v) is 6.68. The first-order valence-electron chi connectivity index (χ1n) is 11.5. The molecule has 7 heteroatoms. The smallest absolute Gasteiger partial charge is 0.321 e. The predicted octanol–water partition coefficient (Wildman–Crippen LogP) is 4.21. The SMILES string of the molecule is O=C(Nc1ccccc1)N1CCC(C(=O)N2CCC[C@@H](c3nc4ccccc4[nH]3)C2)CC1. The van der Waals surface area contributed by atoms with E-state index < -0.39 is 0 Å². The number of para-hydroxylation sites is 3. The number of hydrogen-bond acceptors (Lipinski definition) is 3. The molecule has 2 aliphatic rings. The third kappa shape index (κ3) is 4.33. The number of H-pyrrole nitrogens is 1. The highest BCUT2D eigenvalue weighted by atomic mass is 16.2. The maximum Gasteiger partial charge on any atom is 0.321 e. The summed E-state index contributed by atoms with van der Waals surface area (Å²) < 4.78 is 0. The first kappa shape index (κ1) is 20.5. The van der Waals surface area contributed by atoms with Crippen LogP contribution in [0.3, 0.4) is 0 Å². The molecule has 5 rings (SSSR count). The van der Waals surface area contributed by atoms with E-state index in [1.54, 1.807) is 0 Å². The highest BCUT2D eigenvalue weighted by Gasteiger charge is 2.33. The second-order valence-electron chi connectivity index (χ2n) is 8.82. The van der Waals surface area contributed by atoms with Crippen molar-refractivity contribution in [2.24, 2.45) is 5.92 Å². The number of carbonyl (C=O) groups excluding carboxylic acids is 2. The summed E-state index contributed by atoms with van der Waals surface area (Å²) in [5, 5.41) is 2.94. The van der Waals surface area contributed by atoms with Gasteiger partial charge >= 0.3 is 6.03 Å². The Bertz CT molecular complexity index is 1050. The Hall–Kier alpha value is -3.35. The summed E-state index contributed by atoms with van der Waals surface area (Å²) in [6, 6.07) is 17.4. The summed E-state index contributed by atoms with van der Waals surface area (Å²) >= 11 is 0. The zero-order valence-electron chi connectivity index (χ0n) is 18.2. The summed E-state index contributed by atoms with van der Waals surface area (Å²) in [7, 11) is 0. The number of imidazole rings is 1. The molecule has 3 aromatic rings. The first-order valence-corrected chi connectivity index (χ1v) is 11.5. The number of fused-ring (bicyclic) bond motifs is 1. The fourth-order valence-corrected chi connectivity index (χ4v) is 4.88. The second-order valence-corrected chi connectivity index (χ2v) is 8.82. The van der Waals surface area contributed by atoms with Crippen LogP contribution in [0.5, 0.6) is 0 Å². The fraction of sp³-hybridized carbons (Fsp3) is 0.400. The Morgan fingerprint density at radius 3 is 2.44 bits per heavy atom. The van der Waals surface area contributed by atoms with Crippen LogP contribution >= 0.6 is 0 Å². The van der Waals surface area contributed by atoms with Crippen molar-refractivity contribution in [3.63, 3.8) is 0 Å². The van der Waals surface area contributed by atoms with Crippen molar-refractivity contribution in [3.05, 3.63) is 60.4 Å². The Morgan fingerprint density at radius 2 is 1.66 bits per heavy atom. The number of carbonyl (C=O) groups is 2. The second kappa shape index (κ2) is 9.02. The predicted molar refractivity (Wildman–Crippen MR) is 124 cm³/mol. The average molecular weight is 432 g/mol. The molecule has 0 unspecified atom stereocenters. The minimum absolute atomic E-state index is 0.00908. The van der Waals surface area contributed by atoms with Gasteiger partial charge in [-0.3, -0.25) is 4.79 Å². The van der Waals surface area contributed by atoms with Crippen LogP contribution in [0, 0.1) is 5.92 Å². The van der Waals surface area contributed by atoms with E-state index in [-0.39, 0.29) is 23.8 Å². The van der Waals surface area contributed by atoms with E-state index in [4.69, 9.17) is 4.98 Å². The fourth-order valence-electron chi connectivity index (χ4n) is 4.88. The molecule has 0 spiro atoms. The molecule has 166 valence electrons. The number of hydrogen-bond donors (Lipinski definition) is 2. The number of aromatic nitrogens is 2. The van der Waals surface area contributed by atoms with Crippen LogP contribution < -0.4 is 5.32 Å². The summed E-state index contributed by atoms with van der Waals surface area (Å²) in [5.74, 6) is 1.45. The van der Waals surface area contributed by atoms with Gasteiger partial charge in [0, 0.05) is 43.7 Å². The number of anilines is 1. The maximum atomic E-state index is 13.2. The molecule has 0 bridgehead atoms. The number of piperidine rings is 2. The van der Waals surface area contributed by atoms with Crippen LogP contribution in [0.15, 0.2) is 54.6 Å². The molecule has 2 N–H and O–H groups in total. The molecule has 2 aromatic carbocycles. The van der Waals surface area contributed by atoms with E-state index in [1.165, 1.54) is 0 Å². The molecule has 32 heavy (non-hydrogen) atoms. The van der Waals surface area contributed by atoms with Crippen molar-refractivity contribution in [2.75, 3.05) is 31.5 Å². The molecule has 0 saturated carbocycles. The summed E-state index contributed by atoms with van der Waals surface area (Å²) in [4.78, 5) is 37.8. The van der Waals surface area contributed by atoms with Crippen LogP contribution in [0.2, 0.25) is 0 Å². The van der Waals surface area contributed by atoms with Crippen LogP contribution in [-0.4, -0.2) is 57.9 Å². The number of nitrogens with one attached hydrogen (secondary N) is 2.